The highest BCUT2D eigenvalue weighted by molar-refractivity contribution is 5.93. The number of rotatable bonds is 5. The molecule has 21 heavy (non-hydrogen) atoms. The minimum absolute atomic E-state index is 0.0922. The van der Waals surface area contributed by atoms with E-state index in [-0.39, 0.29) is 5.91 Å². The van der Waals surface area contributed by atoms with E-state index in [1.807, 2.05) is 23.8 Å². The molecule has 2 rings (SSSR count). The molecule has 2 atom stereocenters. The highest BCUT2D eigenvalue weighted by Gasteiger charge is 2.41. The Hall–Kier alpha value is -1.49. The Labute approximate surface area is 127 Å². The molecule has 0 N–H and O–H groups in total. The number of allylic oxidation sites excluding steroid dienone is 1. The number of carbonyl (C=O) groups is 1. The molecule has 1 amide bonds. The molecule has 0 aromatic heterocycles. The maximum Gasteiger partial charge on any atom is 0.270 e. The highest BCUT2D eigenvalue weighted by Crippen LogP contribution is 2.31. The van der Waals surface area contributed by atoms with Crippen LogP contribution in [0.4, 0.5) is 0 Å². The lowest BCUT2D eigenvalue weighted by molar-refractivity contribution is -0.128. The minimum Gasteiger partial charge on any atom is -0.497 e. The summed E-state index contributed by atoms with van der Waals surface area (Å²) in [5, 5.41) is 0. The second kappa shape index (κ2) is 6.52. The number of hydrogen-bond donors (Lipinski definition) is 0. The Balaban J connectivity index is 2.09. The van der Waals surface area contributed by atoms with Gasteiger partial charge < -0.3 is 19.4 Å². The molecule has 5 nitrogen and oxygen atoms in total. The summed E-state index contributed by atoms with van der Waals surface area (Å²) >= 11 is 0. The summed E-state index contributed by atoms with van der Waals surface area (Å²) < 4.78 is 5.10. The van der Waals surface area contributed by atoms with Crippen molar-refractivity contribution >= 4 is 5.91 Å². The van der Waals surface area contributed by atoms with Gasteiger partial charge in [0.05, 0.1) is 7.11 Å². The lowest BCUT2D eigenvalue weighted by Crippen LogP contribution is -2.37. The molecular weight excluding hydrogens is 266 g/mol. The number of amides is 1. The average Bonchev–Trinajstić information content (AvgIpc) is 2.99. The fourth-order valence-corrected chi connectivity index (χ4v) is 3.27. The van der Waals surface area contributed by atoms with Gasteiger partial charge >= 0.3 is 0 Å². The Kier molecular flexibility index (Phi) is 4.93. The molecule has 0 bridgehead atoms. The zero-order valence-electron chi connectivity index (χ0n) is 13.6. The summed E-state index contributed by atoms with van der Waals surface area (Å²) in [6.45, 7) is 10.5. The van der Waals surface area contributed by atoms with E-state index in [0.717, 1.165) is 32.7 Å². The molecule has 0 aliphatic carbocycles. The number of fused-ring (bicyclic) bond motifs is 1. The van der Waals surface area contributed by atoms with E-state index < -0.39 is 0 Å². The van der Waals surface area contributed by atoms with Crippen LogP contribution in [-0.2, 0) is 9.53 Å². The zero-order valence-corrected chi connectivity index (χ0v) is 13.6. The van der Waals surface area contributed by atoms with Crippen LogP contribution in [0.1, 0.15) is 6.92 Å². The predicted octanol–water partition coefficient (Wildman–Crippen LogP) is 1.00. The fraction of sp³-hybridized carbons (Fsp3) is 0.688. The zero-order chi connectivity index (χ0) is 15.6. The number of likely N-dealkylation sites (tertiary alicyclic amines) is 2. The first-order chi connectivity index (χ1) is 9.96. The minimum atomic E-state index is 0.0922. The van der Waals surface area contributed by atoms with Crippen LogP contribution in [0.2, 0.25) is 0 Å². The van der Waals surface area contributed by atoms with Crippen LogP contribution in [-0.4, -0.2) is 74.5 Å². The number of nitrogens with zero attached hydrogens (tertiary/aromatic N) is 3. The van der Waals surface area contributed by atoms with Crippen LogP contribution in [0.3, 0.4) is 0 Å². The Morgan fingerprint density at radius 3 is 2.38 bits per heavy atom. The number of hydrogen-bond acceptors (Lipinski definition) is 4. The van der Waals surface area contributed by atoms with Crippen molar-refractivity contribution in [3.05, 3.63) is 24.1 Å². The van der Waals surface area contributed by atoms with E-state index in [9.17, 15) is 4.79 Å². The van der Waals surface area contributed by atoms with Crippen LogP contribution < -0.4 is 0 Å². The van der Waals surface area contributed by atoms with Crippen molar-refractivity contribution in [1.29, 1.82) is 0 Å². The number of methoxy groups -OCH3 is 1. The Morgan fingerprint density at radius 1 is 1.33 bits per heavy atom. The smallest absolute Gasteiger partial charge is 0.270 e. The van der Waals surface area contributed by atoms with Gasteiger partial charge in [-0.2, -0.15) is 0 Å². The first kappa shape index (κ1) is 15.9. The van der Waals surface area contributed by atoms with Crippen LogP contribution >= 0.6 is 0 Å². The summed E-state index contributed by atoms with van der Waals surface area (Å²) in [6.07, 6.45) is 1.74. The first-order valence-corrected chi connectivity index (χ1v) is 7.59. The summed E-state index contributed by atoms with van der Waals surface area (Å²) in [5.41, 5.74) is 0.665. The SMILES string of the molecule is C=C(/C=C(/C(=O)N1CC2CN(C)CC2C1)N(C)CC)OC. The Bertz CT molecular complexity index is 433. The van der Waals surface area contributed by atoms with Crippen molar-refractivity contribution in [2.45, 2.75) is 6.92 Å². The standard InChI is InChI=1S/C16H27N3O2/c1-6-18(4)15(7-12(2)21-5)16(20)19-10-13-8-17(3)9-14(13)11-19/h7,13-14H,2,6,8-11H2,1,3-5H3/b15-7-. The lowest BCUT2D eigenvalue weighted by Gasteiger charge is -2.26. The molecule has 2 unspecified atom stereocenters. The van der Waals surface area contributed by atoms with Gasteiger partial charge in [0.25, 0.3) is 5.91 Å². The summed E-state index contributed by atoms with van der Waals surface area (Å²) in [5.74, 6) is 1.85. The van der Waals surface area contributed by atoms with Gasteiger partial charge in [-0.05, 0) is 25.8 Å². The second-order valence-corrected chi connectivity index (χ2v) is 6.17. The number of ether oxygens (including phenoxy) is 1. The van der Waals surface area contributed by atoms with Crippen LogP contribution in [0.15, 0.2) is 24.1 Å². The molecule has 5 heteroatoms. The van der Waals surface area contributed by atoms with Crippen molar-refractivity contribution in [1.82, 2.24) is 14.7 Å². The quantitative estimate of drug-likeness (QED) is 0.430. The van der Waals surface area contributed by atoms with Crippen LogP contribution in [0, 0.1) is 11.8 Å². The van der Waals surface area contributed by atoms with Crippen LogP contribution in [0.5, 0.6) is 0 Å². The third-order valence-electron chi connectivity index (χ3n) is 4.62. The molecule has 2 aliphatic rings. The van der Waals surface area contributed by atoms with Gasteiger partial charge in [0, 0.05) is 45.8 Å². The summed E-state index contributed by atoms with van der Waals surface area (Å²) in [7, 11) is 5.66. The van der Waals surface area contributed by atoms with E-state index in [1.165, 1.54) is 0 Å². The van der Waals surface area contributed by atoms with Gasteiger partial charge in [0.1, 0.15) is 11.5 Å². The van der Waals surface area contributed by atoms with Gasteiger partial charge in [-0.15, -0.1) is 0 Å². The van der Waals surface area contributed by atoms with Gasteiger partial charge in [0.15, 0.2) is 0 Å². The molecule has 0 saturated carbocycles. The molecule has 2 fully saturated rings. The second-order valence-electron chi connectivity index (χ2n) is 6.17. The lowest BCUT2D eigenvalue weighted by atomic mass is 10.0. The number of carbonyl (C=O) groups excluding carboxylic acids is 1. The van der Waals surface area contributed by atoms with E-state index in [4.69, 9.17) is 4.74 Å². The molecule has 118 valence electrons. The molecular formula is C16H27N3O2. The molecule has 0 radical (unpaired) electrons. The van der Waals surface area contributed by atoms with Gasteiger partial charge in [-0.25, -0.2) is 0 Å². The monoisotopic (exact) mass is 293 g/mol. The topological polar surface area (TPSA) is 36.0 Å². The summed E-state index contributed by atoms with van der Waals surface area (Å²) in [6, 6.07) is 0. The van der Waals surface area contributed by atoms with Crippen molar-refractivity contribution in [2.75, 3.05) is 53.9 Å². The molecule has 0 aromatic rings. The number of likely N-dealkylation sites (N-methyl/N-ethyl adjacent to an activating group) is 1. The highest BCUT2D eigenvalue weighted by atomic mass is 16.5. The molecule has 0 spiro atoms. The largest absolute Gasteiger partial charge is 0.497 e. The van der Waals surface area contributed by atoms with Gasteiger partial charge in [-0.3, -0.25) is 4.79 Å². The van der Waals surface area contributed by atoms with Gasteiger partial charge in [0.2, 0.25) is 0 Å². The molecule has 2 saturated heterocycles. The normalized spacial score (nSPS) is 25.9. The van der Waals surface area contributed by atoms with Crippen molar-refractivity contribution in [3.8, 4) is 0 Å². The first-order valence-electron chi connectivity index (χ1n) is 7.59. The van der Waals surface area contributed by atoms with Gasteiger partial charge in [-0.1, -0.05) is 6.58 Å². The Morgan fingerprint density at radius 2 is 1.90 bits per heavy atom. The maximum atomic E-state index is 12.8. The molecule has 0 aromatic carbocycles. The van der Waals surface area contributed by atoms with Crippen molar-refractivity contribution in [2.24, 2.45) is 11.8 Å². The van der Waals surface area contributed by atoms with E-state index in [2.05, 4.69) is 18.5 Å². The van der Waals surface area contributed by atoms with Crippen molar-refractivity contribution < 1.29 is 9.53 Å². The van der Waals surface area contributed by atoms with E-state index >= 15 is 0 Å². The van der Waals surface area contributed by atoms with E-state index in [0.29, 0.717) is 23.3 Å². The molecule has 2 aliphatic heterocycles. The third-order valence-corrected chi connectivity index (χ3v) is 4.62. The fourth-order valence-electron chi connectivity index (χ4n) is 3.27. The predicted molar refractivity (Wildman–Crippen MR) is 83.6 cm³/mol. The molecule has 2 heterocycles. The summed E-state index contributed by atoms with van der Waals surface area (Å²) in [4.78, 5) is 19.1. The van der Waals surface area contributed by atoms with Crippen LogP contribution in [0.25, 0.3) is 0 Å². The van der Waals surface area contributed by atoms with E-state index in [1.54, 1.807) is 13.2 Å². The average molecular weight is 293 g/mol. The third kappa shape index (κ3) is 3.40. The van der Waals surface area contributed by atoms with Crippen molar-refractivity contribution in [3.63, 3.8) is 0 Å². The maximum absolute atomic E-state index is 12.8.